The summed E-state index contributed by atoms with van der Waals surface area (Å²) in [6.07, 6.45) is 45.6. The SMILES string of the molecule is CCCC/C=C/CCCC(O)C(O)C(COC1OC(CO)C(O)C(O)C1O)NC(=O)C(O)CCCCCCCCCCCCCCCCCC/C=C\C/C=C\CCCCCCCCCCCCC. The molecule has 9 unspecified atom stereocenters. The second kappa shape index (κ2) is 46.4. The molecule has 0 aromatic heterocycles. The molecule has 1 amide bonds. The van der Waals surface area contributed by atoms with Crippen LogP contribution < -0.4 is 5.32 Å². The number of hydrogen-bond donors (Lipinski definition) is 8. The number of nitrogens with one attached hydrogen (secondary N) is 1. The van der Waals surface area contributed by atoms with Crippen molar-refractivity contribution in [2.75, 3.05) is 13.2 Å². The van der Waals surface area contributed by atoms with Crippen molar-refractivity contribution in [2.45, 2.75) is 306 Å². The Hall–Kier alpha value is -1.67. The lowest BCUT2D eigenvalue weighted by molar-refractivity contribution is -0.303. The van der Waals surface area contributed by atoms with Crippen LogP contribution in [0.25, 0.3) is 0 Å². The highest BCUT2D eigenvalue weighted by molar-refractivity contribution is 5.80. The van der Waals surface area contributed by atoms with E-state index < -0.39 is 74.2 Å². The number of unbranched alkanes of at least 4 members (excludes halogenated alkanes) is 30. The maximum atomic E-state index is 13.1. The van der Waals surface area contributed by atoms with E-state index in [0.29, 0.717) is 12.8 Å². The molecule has 400 valence electrons. The number of carbonyl (C=O) groups excluding carboxylic acids is 1. The average molecular weight is 966 g/mol. The Kier molecular flexibility index (Phi) is 43.9. The first-order valence-corrected chi connectivity index (χ1v) is 28.4. The van der Waals surface area contributed by atoms with Gasteiger partial charge < -0.3 is 50.5 Å². The summed E-state index contributed by atoms with van der Waals surface area (Å²) in [6, 6.07) is -1.18. The molecule has 1 aliphatic heterocycles. The summed E-state index contributed by atoms with van der Waals surface area (Å²) in [4.78, 5) is 13.1. The summed E-state index contributed by atoms with van der Waals surface area (Å²) in [6.45, 7) is 3.34. The molecule has 8 N–H and O–H groups in total. The van der Waals surface area contributed by atoms with Gasteiger partial charge in [-0.05, 0) is 64.2 Å². The van der Waals surface area contributed by atoms with Gasteiger partial charge in [-0.2, -0.15) is 0 Å². The minimum atomic E-state index is -1.67. The highest BCUT2D eigenvalue weighted by atomic mass is 16.7. The maximum absolute atomic E-state index is 13.1. The van der Waals surface area contributed by atoms with Gasteiger partial charge in [-0.25, -0.2) is 0 Å². The third kappa shape index (κ3) is 34.6. The van der Waals surface area contributed by atoms with Crippen molar-refractivity contribution in [1.82, 2.24) is 5.32 Å². The molecule has 1 rings (SSSR count). The second-order valence-corrected chi connectivity index (χ2v) is 20.0. The van der Waals surface area contributed by atoms with Crippen LogP contribution in [0.5, 0.6) is 0 Å². The Morgan fingerprint density at radius 1 is 0.515 bits per heavy atom. The molecule has 9 atom stereocenters. The van der Waals surface area contributed by atoms with Crippen molar-refractivity contribution in [3.8, 4) is 0 Å². The van der Waals surface area contributed by atoms with Gasteiger partial charge in [0.2, 0.25) is 5.91 Å². The molecule has 0 aromatic carbocycles. The van der Waals surface area contributed by atoms with E-state index in [-0.39, 0.29) is 12.8 Å². The minimum absolute atomic E-state index is 0.254. The van der Waals surface area contributed by atoms with E-state index >= 15 is 0 Å². The van der Waals surface area contributed by atoms with Gasteiger partial charge in [0.05, 0.1) is 25.4 Å². The topological polar surface area (TPSA) is 189 Å². The first kappa shape index (κ1) is 64.3. The molecule has 11 nitrogen and oxygen atoms in total. The van der Waals surface area contributed by atoms with Crippen molar-refractivity contribution in [2.24, 2.45) is 0 Å². The van der Waals surface area contributed by atoms with Crippen molar-refractivity contribution in [3.63, 3.8) is 0 Å². The van der Waals surface area contributed by atoms with E-state index in [2.05, 4.69) is 55.6 Å². The summed E-state index contributed by atoms with van der Waals surface area (Å²) in [5.74, 6) is -0.709. The summed E-state index contributed by atoms with van der Waals surface area (Å²) < 4.78 is 11.1. The Morgan fingerprint density at radius 3 is 1.40 bits per heavy atom. The van der Waals surface area contributed by atoms with Gasteiger partial charge in [0, 0.05) is 0 Å². The molecule has 68 heavy (non-hydrogen) atoms. The zero-order valence-electron chi connectivity index (χ0n) is 43.6. The van der Waals surface area contributed by atoms with Crippen LogP contribution in [0.1, 0.15) is 251 Å². The zero-order valence-corrected chi connectivity index (χ0v) is 43.6. The van der Waals surface area contributed by atoms with E-state index in [9.17, 15) is 40.5 Å². The highest BCUT2D eigenvalue weighted by Crippen LogP contribution is 2.23. The first-order valence-electron chi connectivity index (χ1n) is 28.4. The van der Waals surface area contributed by atoms with Gasteiger partial charge in [-0.15, -0.1) is 0 Å². The Morgan fingerprint density at radius 2 is 0.926 bits per heavy atom. The van der Waals surface area contributed by atoms with Crippen LogP contribution in [0.2, 0.25) is 0 Å². The average Bonchev–Trinajstić information content (AvgIpc) is 3.34. The molecule has 0 aliphatic carbocycles. The fourth-order valence-corrected chi connectivity index (χ4v) is 8.99. The molecule has 11 heteroatoms. The molecule has 0 bridgehead atoms. The predicted octanol–water partition coefficient (Wildman–Crippen LogP) is 11.5. The predicted molar refractivity (Wildman–Crippen MR) is 279 cm³/mol. The van der Waals surface area contributed by atoms with E-state index in [1.807, 2.05) is 0 Å². The van der Waals surface area contributed by atoms with Crippen LogP contribution in [0.3, 0.4) is 0 Å². The van der Waals surface area contributed by atoms with Crippen molar-refractivity contribution in [3.05, 3.63) is 36.5 Å². The number of aliphatic hydroxyl groups excluding tert-OH is 7. The highest BCUT2D eigenvalue weighted by Gasteiger charge is 2.44. The molecular formula is C57H107NO10. The molecule has 1 aliphatic rings. The number of rotatable bonds is 48. The molecule has 0 aromatic rings. The Balaban J connectivity index is 2.11. The molecule has 0 spiro atoms. The van der Waals surface area contributed by atoms with Crippen LogP contribution in [-0.4, -0.2) is 110 Å². The number of ether oxygens (including phenoxy) is 2. The molecule has 0 saturated carbocycles. The molecule has 1 fully saturated rings. The molecule has 1 heterocycles. The fraction of sp³-hybridized carbons (Fsp3) is 0.877. The number of carbonyl (C=O) groups is 1. The van der Waals surface area contributed by atoms with E-state index in [4.69, 9.17) is 9.47 Å². The quantitative estimate of drug-likeness (QED) is 0.0215. The second-order valence-electron chi connectivity index (χ2n) is 20.0. The number of aliphatic hydroxyl groups is 7. The third-order valence-corrected chi connectivity index (χ3v) is 13.7. The fourth-order valence-electron chi connectivity index (χ4n) is 8.99. The maximum Gasteiger partial charge on any atom is 0.249 e. The van der Waals surface area contributed by atoms with Crippen molar-refractivity contribution >= 4 is 5.91 Å². The van der Waals surface area contributed by atoms with Gasteiger partial charge in [0.1, 0.15) is 36.6 Å². The molecule has 1 saturated heterocycles. The first-order chi connectivity index (χ1) is 33.2. The molecular weight excluding hydrogens is 859 g/mol. The smallest absolute Gasteiger partial charge is 0.249 e. The van der Waals surface area contributed by atoms with E-state index in [1.54, 1.807) is 0 Å². The van der Waals surface area contributed by atoms with E-state index in [1.165, 1.54) is 161 Å². The van der Waals surface area contributed by atoms with E-state index in [0.717, 1.165) is 51.4 Å². The van der Waals surface area contributed by atoms with Crippen LogP contribution in [0.15, 0.2) is 36.5 Å². The summed E-state index contributed by atoms with van der Waals surface area (Å²) >= 11 is 0. The van der Waals surface area contributed by atoms with Crippen LogP contribution in [0.4, 0.5) is 0 Å². The standard InChI is InChI=1S/C57H107NO10/c1-3-5-7-9-11-12-13-14-15-16-17-18-19-20-21-22-23-24-25-26-27-28-29-30-31-32-33-34-35-36-37-39-41-43-45-50(61)56(66)58-48(52(62)49(60)44-42-40-38-10-8-6-4-2)47-67-57-55(65)54(64)53(63)51(46-59)68-57/h10,19-20,22-23,38,48-55,57,59-65H,3-9,11-18,21,24-37,39-47H2,1-2H3,(H,58,66)/b20-19-,23-22-,38-10+. The zero-order chi connectivity index (χ0) is 49.7. The van der Waals surface area contributed by atoms with Crippen LogP contribution in [-0.2, 0) is 14.3 Å². The van der Waals surface area contributed by atoms with Crippen molar-refractivity contribution < 1.29 is 50.0 Å². The van der Waals surface area contributed by atoms with Gasteiger partial charge in [-0.3, -0.25) is 4.79 Å². The summed E-state index contributed by atoms with van der Waals surface area (Å²) in [7, 11) is 0. The third-order valence-electron chi connectivity index (χ3n) is 13.7. The van der Waals surface area contributed by atoms with Gasteiger partial charge >= 0.3 is 0 Å². The normalized spacial score (nSPS) is 20.8. The number of amides is 1. The summed E-state index contributed by atoms with van der Waals surface area (Å²) in [5, 5.41) is 75.4. The molecule has 0 radical (unpaired) electrons. The van der Waals surface area contributed by atoms with Crippen LogP contribution >= 0.6 is 0 Å². The minimum Gasteiger partial charge on any atom is -0.394 e. The summed E-state index contributed by atoms with van der Waals surface area (Å²) in [5.41, 5.74) is 0. The number of hydrogen-bond acceptors (Lipinski definition) is 10. The van der Waals surface area contributed by atoms with Gasteiger partial charge in [0.25, 0.3) is 0 Å². The van der Waals surface area contributed by atoms with Gasteiger partial charge in [-0.1, -0.05) is 224 Å². The van der Waals surface area contributed by atoms with Crippen LogP contribution in [0, 0.1) is 0 Å². The lowest BCUT2D eigenvalue weighted by Crippen LogP contribution is -2.60. The number of allylic oxidation sites excluding steroid dienone is 6. The van der Waals surface area contributed by atoms with Crippen molar-refractivity contribution in [1.29, 1.82) is 0 Å². The largest absolute Gasteiger partial charge is 0.394 e. The monoisotopic (exact) mass is 966 g/mol. The Bertz CT molecular complexity index is 1200. The Labute approximate surface area is 416 Å². The lowest BCUT2D eigenvalue weighted by atomic mass is 9.98. The lowest BCUT2D eigenvalue weighted by Gasteiger charge is -2.40. The van der Waals surface area contributed by atoms with Gasteiger partial charge in [0.15, 0.2) is 6.29 Å².